The quantitative estimate of drug-likeness (QED) is 0.617. The molecular weight excluding hydrogens is 447 g/mol. The van der Waals surface area contributed by atoms with Gasteiger partial charge in [-0.05, 0) is 42.8 Å². The monoisotopic (exact) mass is 470 g/mol. The summed E-state index contributed by atoms with van der Waals surface area (Å²) in [5.41, 5.74) is 0.184. The van der Waals surface area contributed by atoms with Crippen molar-refractivity contribution in [3.8, 4) is 0 Å². The summed E-state index contributed by atoms with van der Waals surface area (Å²) in [5.74, 6) is -1.28. The lowest BCUT2D eigenvalue weighted by Gasteiger charge is -2.39. The van der Waals surface area contributed by atoms with E-state index in [1.165, 1.54) is 25.3 Å². The summed E-state index contributed by atoms with van der Waals surface area (Å²) in [6.45, 7) is 2.83. The number of rotatable bonds is 4. The minimum Gasteiger partial charge on any atom is -0.459 e. The summed E-state index contributed by atoms with van der Waals surface area (Å²) in [4.78, 5) is 15.8. The van der Waals surface area contributed by atoms with Gasteiger partial charge in [-0.25, -0.2) is 21.2 Å². The van der Waals surface area contributed by atoms with E-state index in [9.17, 15) is 26.0 Å². The van der Waals surface area contributed by atoms with Gasteiger partial charge in [0.25, 0.3) is 5.91 Å². The van der Waals surface area contributed by atoms with Gasteiger partial charge in [0, 0.05) is 32.2 Å². The van der Waals surface area contributed by atoms with Crippen molar-refractivity contribution in [2.75, 3.05) is 37.7 Å². The van der Waals surface area contributed by atoms with Crippen LogP contribution in [-0.2, 0) is 19.7 Å². The number of amides is 1. The third-order valence-electron chi connectivity index (χ3n) is 5.93. The van der Waals surface area contributed by atoms with Gasteiger partial charge in [0.05, 0.1) is 27.9 Å². The fourth-order valence-corrected chi connectivity index (χ4v) is 9.13. The van der Waals surface area contributed by atoms with E-state index in [2.05, 4.69) is 0 Å². The standard InChI is InChI=1S/C20H23FN2O6S2/c1-14-11-15(4-5-16(14)21)31(27,28)19-13-30(25,26)12-17(19)22-6-8-23(9-7-22)20(24)18-3-2-10-29-18/h2-5,10-11,17,19H,6-9,12-13H2,1H3. The fourth-order valence-electron chi connectivity index (χ4n) is 4.22. The molecule has 31 heavy (non-hydrogen) atoms. The molecule has 0 bridgehead atoms. The zero-order valence-electron chi connectivity index (χ0n) is 16.9. The van der Waals surface area contributed by atoms with Crippen LogP contribution in [0.1, 0.15) is 16.1 Å². The van der Waals surface area contributed by atoms with Crippen molar-refractivity contribution in [2.24, 2.45) is 0 Å². The molecule has 0 spiro atoms. The number of nitrogens with zero attached hydrogens (tertiary/aromatic N) is 2. The van der Waals surface area contributed by atoms with Crippen molar-refractivity contribution in [1.29, 1.82) is 0 Å². The highest BCUT2D eigenvalue weighted by Crippen LogP contribution is 2.30. The SMILES string of the molecule is Cc1cc(S(=O)(=O)C2CS(=O)(=O)CC2N2CCN(C(=O)c3ccco3)CC2)ccc1F. The summed E-state index contributed by atoms with van der Waals surface area (Å²) in [6.07, 6.45) is 1.42. The van der Waals surface area contributed by atoms with Crippen LogP contribution in [0.4, 0.5) is 4.39 Å². The molecule has 0 radical (unpaired) electrons. The number of carbonyl (C=O) groups excluding carboxylic acids is 1. The van der Waals surface area contributed by atoms with E-state index in [0.29, 0.717) is 26.2 Å². The zero-order valence-corrected chi connectivity index (χ0v) is 18.5. The van der Waals surface area contributed by atoms with Gasteiger partial charge in [0.1, 0.15) is 5.82 Å². The molecule has 4 rings (SSSR count). The molecule has 168 valence electrons. The third-order valence-corrected chi connectivity index (χ3v) is 10.0. The highest BCUT2D eigenvalue weighted by molar-refractivity contribution is 7.96. The number of carbonyl (C=O) groups is 1. The van der Waals surface area contributed by atoms with Crippen molar-refractivity contribution in [3.63, 3.8) is 0 Å². The number of furan rings is 1. The maximum absolute atomic E-state index is 13.6. The lowest BCUT2D eigenvalue weighted by atomic mass is 10.2. The maximum Gasteiger partial charge on any atom is 0.289 e. The summed E-state index contributed by atoms with van der Waals surface area (Å²) < 4.78 is 70.1. The summed E-state index contributed by atoms with van der Waals surface area (Å²) in [6, 6.07) is 5.98. The largest absolute Gasteiger partial charge is 0.459 e. The number of hydrogen-bond acceptors (Lipinski definition) is 7. The lowest BCUT2D eigenvalue weighted by Crippen LogP contribution is -2.55. The first-order valence-electron chi connectivity index (χ1n) is 9.86. The molecule has 2 aromatic rings. The number of piperazine rings is 1. The topological polar surface area (TPSA) is 105 Å². The van der Waals surface area contributed by atoms with E-state index in [0.717, 1.165) is 6.07 Å². The van der Waals surface area contributed by atoms with Crippen molar-refractivity contribution in [3.05, 3.63) is 53.7 Å². The van der Waals surface area contributed by atoms with Gasteiger partial charge >= 0.3 is 0 Å². The van der Waals surface area contributed by atoms with Gasteiger partial charge < -0.3 is 9.32 Å². The number of sulfone groups is 2. The maximum atomic E-state index is 13.6. The van der Waals surface area contributed by atoms with Crippen LogP contribution in [0.15, 0.2) is 45.9 Å². The average Bonchev–Trinajstić information content (AvgIpc) is 3.37. The van der Waals surface area contributed by atoms with E-state index >= 15 is 0 Å². The van der Waals surface area contributed by atoms with E-state index in [-0.39, 0.29) is 27.9 Å². The molecule has 0 saturated carbocycles. The average molecular weight is 471 g/mol. The van der Waals surface area contributed by atoms with Crippen LogP contribution >= 0.6 is 0 Å². The Kier molecular flexibility index (Phi) is 5.69. The molecule has 2 aliphatic rings. The predicted octanol–water partition coefficient (Wildman–Crippen LogP) is 1.12. The Labute approximate surface area is 180 Å². The van der Waals surface area contributed by atoms with Crippen molar-refractivity contribution < 1.29 is 30.4 Å². The van der Waals surface area contributed by atoms with Crippen LogP contribution in [0.2, 0.25) is 0 Å². The first-order chi connectivity index (χ1) is 14.6. The first-order valence-corrected chi connectivity index (χ1v) is 13.2. The van der Waals surface area contributed by atoms with E-state index in [1.54, 1.807) is 17.0 Å². The van der Waals surface area contributed by atoms with Crippen molar-refractivity contribution in [1.82, 2.24) is 9.80 Å². The molecule has 2 aliphatic heterocycles. The van der Waals surface area contributed by atoms with Crippen molar-refractivity contribution in [2.45, 2.75) is 23.1 Å². The molecule has 11 heteroatoms. The number of benzene rings is 1. The van der Waals surface area contributed by atoms with Gasteiger partial charge in [-0.15, -0.1) is 0 Å². The molecule has 1 amide bonds. The van der Waals surface area contributed by atoms with Crippen LogP contribution in [0.3, 0.4) is 0 Å². The highest BCUT2D eigenvalue weighted by Gasteiger charge is 2.48. The molecular formula is C20H23FN2O6S2. The molecule has 0 N–H and O–H groups in total. The second-order valence-electron chi connectivity index (χ2n) is 7.94. The smallest absolute Gasteiger partial charge is 0.289 e. The Balaban J connectivity index is 1.54. The van der Waals surface area contributed by atoms with Crippen LogP contribution in [0.25, 0.3) is 0 Å². The molecule has 1 aromatic heterocycles. The molecule has 3 heterocycles. The fraction of sp³-hybridized carbons (Fsp3) is 0.450. The molecule has 2 atom stereocenters. The summed E-state index contributed by atoms with van der Waals surface area (Å²) in [7, 11) is -7.56. The van der Waals surface area contributed by atoms with Gasteiger partial charge in [-0.1, -0.05) is 0 Å². The molecule has 1 aromatic carbocycles. The minimum absolute atomic E-state index is 0.0786. The Morgan fingerprint density at radius 1 is 1.13 bits per heavy atom. The zero-order chi connectivity index (χ0) is 22.4. The number of hydrogen-bond donors (Lipinski definition) is 0. The highest BCUT2D eigenvalue weighted by atomic mass is 32.2. The minimum atomic E-state index is -4.00. The van der Waals surface area contributed by atoms with E-state index in [1.807, 2.05) is 4.90 Å². The molecule has 2 unspecified atom stereocenters. The Bertz CT molecular complexity index is 1190. The number of aryl methyl sites for hydroxylation is 1. The Morgan fingerprint density at radius 3 is 2.45 bits per heavy atom. The molecule has 2 fully saturated rings. The first kappa shape index (κ1) is 22.0. The predicted molar refractivity (Wildman–Crippen MR) is 111 cm³/mol. The molecule has 0 aliphatic carbocycles. The Hall–Kier alpha value is -2.24. The van der Waals surface area contributed by atoms with Crippen LogP contribution in [0.5, 0.6) is 0 Å². The molecule has 8 nitrogen and oxygen atoms in total. The third kappa shape index (κ3) is 4.26. The van der Waals surface area contributed by atoms with Crippen LogP contribution < -0.4 is 0 Å². The van der Waals surface area contributed by atoms with E-state index in [4.69, 9.17) is 4.42 Å². The van der Waals surface area contributed by atoms with Crippen LogP contribution in [0, 0.1) is 12.7 Å². The second kappa shape index (κ2) is 8.03. The van der Waals surface area contributed by atoms with Crippen LogP contribution in [-0.4, -0.2) is 81.5 Å². The Morgan fingerprint density at radius 2 is 1.84 bits per heavy atom. The normalized spacial score (nSPS) is 24.4. The van der Waals surface area contributed by atoms with Gasteiger partial charge in [0.15, 0.2) is 25.4 Å². The van der Waals surface area contributed by atoms with Gasteiger partial charge in [-0.3, -0.25) is 9.69 Å². The molecule has 2 saturated heterocycles. The van der Waals surface area contributed by atoms with Gasteiger partial charge in [0.2, 0.25) is 0 Å². The lowest BCUT2D eigenvalue weighted by molar-refractivity contribution is 0.0560. The van der Waals surface area contributed by atoms with E-state index < -0.39 is 42.5 Å². The summed E-state index contributed by atoms with van der Waals surface area (Å²) in [5, 5.41) is -1.14. The second-order valence-corrected chi connectivity index (χ2v) is 12.3. The number of halogens is 1. The van der Waals surface area contributed by atoms with Crippen molar-refractivity contribution >= 4 is 25.6 Å². The summed E-state index contributed by atoms with van der Waals surface area (Å²) >= 11 is 0. The van der Waals surface area contributed by atoms with Gasteiger partial charge in [-0.2, -0.15) is 0 Å².